The molecular weight excluding hydrogens is 368 g/mol. The van der Waals surface area contributed by atoms with Crippen LogP contribution in [0.1, 0.15) is 20.3 Å². The first-order chi connectivity index (χ1) is 11.8. The first-order valence-corrected chi connectivity index (χ1v) is 9.87. The lowest BCUT2D eigenvalue weighted by molar-refractivity contribution is -0.121. The Morgan fingerprint density at radius 3 is 2.64 bits per heavy atom. The summed E-state index contributed by atoms with van der Waals surface area (Å²) in [7, 11) is -2.57. The Labute approximate surface area is 154 Å². The molecule has 0 radical (unpaired) electrons. The van der Waals surface area contributed by atoms with Gasteiger partial charge in [-0.25, -0.2) is 8.42 Å². The molecule has 0 aliphatic heterocycles. The molecule has 25 heavy (non-hydrogen) atoms. The molecule has 0 heterocycles. The van der Waals surface area contributed by atoms with E-state index in [2.05, 4.69) is 5.32 Å². The summed E-state index contributed by atoms with van der Waals surface area (Å²) >= 11 is 5.91. The first-order valence-electron chi connectivity index (χ1n) is 8.06. The lowest BCUT2D eigenvalue weighted by atomic mass is 10.3. The second kappa shape index (κ2) is 10.6. The fourth-order valence-electron chi connectivity index (χ4n) is 2.02. The minimum absolute atomic E-state index is 0.0616. The van der Waals surface area contributed by atoms with E-state index in [1.165, 1.54) is 19.2 Å². The van der Waals surface area contributed by atoms with Crippen LogP contribution in [-0.4, -0.2) is 58.6 Å². The third-order valence-corrected chi connectivity index (χ3v) is 5.31. The third-order valence-electron chi connectivity index (χ3n) is 3.25. The van der Waals surface area contributed by atoms with Crippen molar-refractivity contribution < 1.29 is 22.7 Å². The molecule has 0 spiro atoms. The van der Waals surface area contributed by atoms with E-state index in [4.69, 9.17) is 21.1 Å². The number of benzene rings is 1. The molecule has 1 rings (SSSR count). The van der Waals surface area contributed by atoms with Crippen LogP contribution in [0.25, 0.3) is 0 Å². The van der Waals surface area contributed by atoms with Gasteiger partial charge in [0.05, 0.1) is 13.2 Å². The third kappa shape index (κ3) is 6.81. The van der Waals surface area contributed by atoms with Crippen molar-refractivity contribution in [2.45, 2.75) is 25.2 Å². The highest BCUT2D eigenvalue weighted by Gasteiger charge is 2.26. The van der Waals surface area contributed by atoms with Crippen molar-refractivity contribution in [3.05, 3.63) is 23.2 Å². The summed E-state index contributed by atoms with van der Waals surface area (Å²) in [6, 6.07) is 4.37. The van der Waals surface area contributed by atoms with Crippen molar-refractivity contribution in [1.82, 2.24) is 9.62 Å². The fourth-order valence-corrected chi connectivity index (χ4v) is 3.53. The van der Waals surface area contributed by atoms with Gasteiger partial charge >= 0.3 is 0 Å². The lowest BCUT2D eigenvalue weighted by Crippen LogP contribution is -2.39. The fraction of sp³-hybridized carbons (Fsp3) is 0.562. The van der Waals surface area contributed by atoms with Crippen LogP contribution in [-0.2, 0) is 19.6 Å². The van der Waals surface area contributed by atoms with Gasteiger partial charge in [0.2, 0.25) is 15.9 Å². The molecule has 0 aromatic heterocycles. The van der Waals surface area contributed by atoms with Crippen molar-refractivity contribution >= 4 is 27.5 Å². The van der Waals surface area contributed by atoms with Crippen molar-refractivity contribution in [2.75, 3.05) is 40.0 Å². The second-order valence-electron chi connectivity index (χ2n) is 5.19. The molecule has 1 aromatic carbocycles. The van der Waals surface area contributed by atoms with Gasteiger partial charge < -0.3 is 14.8 Å². The predicted molar refractivity (Wildman–Crippen MR) is 96.6 cm³/mol. The minimum atomic E-state index is -3.91. The van der Waals surface area contributed by atoms with Gasteiger partial charge in [-0.3, -0.25) is 4.79 Å². The van der Waals surface area contributed by atoms with E-state index in [9.17, 15) is 13.2 Å². The Hall–Kier alpha value is -1.35. The first kappa shape index (κ1) is 21.7. The van der Waals surface area contributed by atoms with Crippen LogP contribution in [0.4, 0.5) is 0 Å². The van der Waals surface area contributed by atoms with E-state index >= 15 is 0 Å². The number of amides is 1. The summed E-state index contributed by atoms with van der Waals surface area (Å²) in [6.07, 6.45) is 0.666. The quantitative estimate of drug-likeness (QED) is 0.581. The topological polar surface area (TPSA) is 84.9 Å². The monoisotopic (exact) mass is 392 g/mol. The number of carbonyl (C=O) groups excluding carboxylic acids is 1. The number of sulfonamides is 1. The van der Waals surface area contributed by atoms with E-state index in [1.807, 2.05) is 6.92 Å². The summed E-state index contributed by atoms with van der Waals surface area (Å²) in [5.74, 6) is -0.182. The van der Waals surface area contributed by atoms with Crippen LogP contribution < -0.4 is 10.1 Å². The zero-order chi connectivity index (χ0) is 18.9. The van der Waals surface area contributed by atoms with Crippen LogP contribution in [0.2, 0.25) is 5.02 Å². The normalized spacial score (nSPS) is 11.6. The number of carbonyl (C=O) groups is 1. The van der Waals surface area contributed by atoms with E-state index in [0.29, 0.717) is 32.8 Å². The minimum Gasteiger partial charge on any atom is -0.492 e. The summed E-state index contributed by atoms with van der Waals surface area (Å²) in [5, 5.41) is 2.94. The number of rotatable bonds is 11. The average Bonchev–Trinajstić information content (AvgIpc) is 2.56. The van der Waals surface area contributed by atoms with E-state index in [0.717, 1.165) is 4.31 Å². The van der Waals surface area contributed by atoms with Gasteiger partial charge in [-0.15, -0.1) is 0 Å². The molecule has 7 nitrogen and oxygen atoms in total. The highest BCUT2D eigenvalue weighted by atomic mass is 35.5. The van der Waals surface area contributed by atoms with Crippen molar-refractivity contribution in [3.8, 4) is 5.75 Å². The maximum absolute atomic E-state index is 12.7. The Morgan fingerprint density at radius 1 is 1.28 bits per heavy atom. The van der Waals surface area contributed by atoms with Crippen LogP contribution >= 0.6 is 11.6 Å². The molecule has 0 saturated carbocycles. The molecule has 0 unspecified atom stereocenters. The molecule has 1 aromatic rings. The van der Waals surface area contributed by atoms with Crippen LogP contribution in [0.15, 0.2) is 23.1 Å². The average molecular weight is 393 g/mol. The smallest absolute Gasteiger partial charge is 0.247 e. The molecule has 9 heteroatoms. The maximum atomic E-state index is 12.7. The number of nitrogens with zero attached hydrogens (tertiary/aromatic N) is 1. The number of hydrogen-bond acceptors (Lipinski definition) is 5. The van der Waals surface area contributed by atoms with Crippen LogP contribution in [0, 0.1) is 0 Å². The number of likely N-dealkylation sites (N-methyl/N-ethyl adjacent to an activating group) is 1. The van der Waals surface area contributed by atoms with Gasteiger partial charge in [-0.2, -0.15) is 4.31 Å². The molecule has 142 valence electrons. The van der Waals surface area contributed by atoms with Gasteiger partial charge in [-0.1, -0.05) is 11.6 Å². The molecule has 0 aliphatic rings. The molecule has 0 saturated heterocycles. The summed E-state index contributed by atoms with van der Waals surface area (Å²) in [5.41, 5.74) is 0. The largest absolute Gasteiger partial charge is 0.492 e. The van der Waals surface area contributed by atoms with Crippen LogP contribution in [0.3, 0.4) is 0 Å². The number of hydrogen-bond donors (Lipinski definition) is 1. The lowest BCUT2D eigenvalue weighted by Gasteiger charge is -2.19. The standard InChI is InChI=1S/C16H25ClN2O5S/c1-4-23-10-6-9-18-16(20)12-19(3)25(21,22)15-11-13(17)7-8-14(15)24-5-2/h7-8,11H,4-6,9-10,12H2,1-3H3,(H,18,20). The molecular formula is C16H25ClN2O5S. The van der Waals surface area contributed by atoms with E-state index in [-0.39, 0.29) is 28.1 Å². The molecule has 1 N–H and O–H groups in total. The Kier molecular flexibility index (Phi) is 9.20. The Morgan fingerprint density at radius 2 is 2.00 bits per heavy atom. The van der Waals surface area contributed by atoms with Crippen molar-refractivity contribution in [3.63, 3.8) is 0 Å². The second-order valence-corrected chi connectivity index (χ2v) is 7.64. The zero-order valence-electron chi connectivity index (χ0n) is 14.7. The molecule has 1 amide bonds. The number of nitrogens with one attached hydrogen (secondary N) is 1. The predicted octanol–water partition coefficient (Wildman–Crippen LogP) is 1.90. The van der Waals surface area contributed by atoms with Crippen LogP contribution in [0.5, 0.6) is 5.75 Å². The van der Waals surface area contributed by atoms with Gasteiger partial charge in [0, 0.05) is 31.8 Å². The van der Waals surface area contributed by atoms with E-state index < -0.39 is 10.0 Å². The van der Waals surface area contributed by atoms with Crippen molar-refractivity contribution in [2.24, 2.45) is 0 Å². The summed E-state index contributed by atoms with van der Waals surface area (Å²) in [6.45, 7) is 5.26. The van der Waals surface area contributed by atoms with Gasteiger partial charge in [-0.05, 0) is 38.5 Å². The molecule has 0 atom stereocenters. The van der Waals surface area contributed by atoms with Gasteiger partial charge in [0.25, 0.3) is 0 Å². The molecule has 0 fully saturated rings. The molecule has 0 bridgehead atoms. The Bertz CT molecular complexity index is 666. The number of ether oxygens (including phenoxy) is 2. The van der Waals surface area contributed by atoms with Gasteiger partial charge in [0.1, 0.15) is 10.6 Å². The summed E-state index contributed by atoms with van der Waals surface area (Å²) < 4.78 is 36.9. The summed E-state index contributed by atoms with van der Waals surface area (Å²) in [4.78, 5) is 11.9. The van der Waals surface area contributed by atoms with Gasteiger partial charge in [0.15, 0.2) is 0 Å². The SMILES string of the molecule is CCOCCCNC(=O)CN(C)S(=O)(=O)c1cc(Cl)ccc1OCC. The highest BCUT2D eigenvalue weighted by molar-refractivity contribution is 7.89. The highest BCUT2D eigenvalue weighted by Crippen LogP contribution is 2.29. The molecule has 0 aliphatic carbocycles. The van der Waals surface area contributed by atoms with E-state index in [1.54, 1.807) is 13.0 Å². The Balaban J connectivity index is 2.75. The maximum Gasteiger partial charge on any atom is 0.247 e. The number of halogens is 1. The zero-order valence-corrected chi connectivity index (χ0v) is 16.3. The van der Waals surface area contributed by atoms with Crippen molar-refractivity contribution in [1.29, 1.82) is 0 Å².